The molecular formula is C20H21N5O2. The third-order valence-electron chi connectivity index (χ3n) is 4.47. The molecule has 4 rings (SSSR count). The van der Waals surface area contributed by atoms with Crippen LogP contribution < -0.4 is 5.32 Å². The van der Waals surface area contributed by atoms with Gasteiger partial charge in [-0.2, -0.15) is 0 Å². The van der Waals surface area contributed by atoms with Crippen molar-refractivity contribution in [2.45, 2.75) is 12.8 Å². The smallest absolute Gasteiger partial charge is 0.294 e. The van der Waals surface area contributed by atoms with Gasteiger partial charge in [0, 0.05) is 49.0 Å². The van der Waals surface area contributed by atoms with E-state index in [0.29, 0.717) is 24.8 Å². The maximum absolute atomic E-state index is 12.7. The number of para-hydroxylation sites is 1. The summed E-state index contributed by atoms with van der Waals surface area (Å²) in [5.41, 5.74) is 3.25. The normalized spacial score (nSPS) is 14.2. The molecule has 0 bridgehead atoms. The molecule has 0 unspecified atom stereocenters. The van der Waals surface area contributed by atoms with E-state index in [9.17, 15) is 4.79 Å². The zero-order valence-electron chi connectivity index (χ0n) is 15.1. The molecule has 27 heavy (non-hydrogen) atoms. The maximum atomic E-state index is 12.7. The van der Waals surface area contributed by atoms with Gasteiger partial charge in [-0.25, -0.2) is 15.0 Å². The van der Waals surface area contributed by atoms with Gasteiger partial charge in [0.1, 0.15) is 5.69 Å². The van der Waals surface area contributed by atoms with Crippen molar-refractivity contribution in [1.29, 1.82) is 0 Å². The van der Waals surface area contributed by atoms with Crippen molar-refractivity contribution in [3.63, 3.8) is 0 Å². The van der Waals surface area contributed by atoms with E-state index in [1.54, 1.807) is 12.4 Å². The lowest BCUT2D eigenvalue weighted by Crippen LogP contribution is -2.36. The molecule has 0 saturated carbocycles. The van der Waals surface area contributed by atoms with Crippen molar-refractivity contribution >= 4 is 17.5 Å². The van der Waals surface area contributed by atoms with E-state index >= 15 is 0 Å². The summed E-state index contributed by atoms with van der Waals surface area (Å²) >= 11 is 0. The number of hydrogen-bond donors (Lipinski definition) is 1. The largest absolute Gasteiger partial charge is 0.346 e. The number of aryl methyl sites for hydroxylation is 1. The number of hydroxylamine groups is 2. The average Bonchev–Trinajstić information content (AvgIpc) is 3.11. The SMILES string of the molecule is Cn1cc(-c2cnc(Nc3ccccc3)nc2)cc1C(=O)N1CCCCO1. The van der Waals surface area contributed by atoms with Crippen molar-refractivity contribution < 1.29 is 9.63 Å². The standard InChI is InChI=1S/C20H21N5O2/c1-24-14-15(11-18(24)19(26)25-9-5-6-10-27-25)16-12-21-20(22-13-16)23-17-7-3-2-4-8-17/h2-4,7-8,11-14H,5-6,9-10H2,1H3,(H,21,22,23). The summed E-state index contributed by atoms with van der Waals surface area (Å²) in [5.74, 6) is 0.408. The molecule has 0 spiro atoms. The second-order valence-corrected chi connectivity index (χ2v) is 6.46. The number of amides is 1. The monoisotopic (exact) mass is 363 g/mol. The average molecular weight is 363 g/mol. The molecule has 3 heterocycles. The lowest BCUT2D eigenvalue weighted by atomic mass is 10.2. The molecule has 1 N–H and O–H groups in total. The van der Waals surface area contributed by atoms with Gasteiger partial charge in [0.2, 0.25) is 5.95 Å². The third-order valence-corrected chi connectivity index (χ3v) is 4.47. The molecule has 1 amide bonds. The summed E-state index contributed by atoms with van der Waals surface area (Å²) in [4.78, 5) is 26.9. The molecule has 0 radical (unpaired) electrons. The van der Waals surface area contributed by atoms with Crippen LogP contribution >= 0.6 is 0 Å². The first-order valence-corrected chi connectivity index (χ1v) is 8.96. The molecule has 0 atom stereocenters. The van der Waals surface area contributed by atoms with Crippen LogP contribution in [0, 0.1) is 0 Å². The second-order valence-electron chi connectivity index (χ2n) is 6.46. The molecule has 0 aliphatic carbocycles. The summed E-state index contributed by atoms with van der Waals surface area (Å²) in [6, 6.07) is 11.6. The first-order valence-electron chi connectivity index (χ1n) is 8.96. The van der Waals surface area contributed by atoms with Crippen LogP contribution in [0.2, 0.25) is 0 Å². The molecule has 7 heteroatoms. The van der Waals surface area contributed by atoms with Crippen molar-refractivity contribution in [1.82, 2.24) is 19.6 Å². The Balaban J connectivity index is 1.51. The summed E-state index contributed by atoms with van der Waals surface area (Å²) in [6.45, 7) is 1.22. The zero-order valence-corrected chi connectivity index (χ0v) is 15.1. The minimum absolute atomic E-state index is 0.119. The zero-order chi connectivity index (χ0) is 18.6. The molecule has 1 aliphatic heterocycles. The second kappa shape index (κ2) is 7.59. The fourth-order valence-corrected chi connectivity index (χ4v) is 3.01. The Morgan fingerprint density at radius 2 is 1.89 bits per heavy atom. The van der Waals surface area contributed by atoms with Crippen molar-refractivity contribution in [2.24, 2.45) is 7.05 Å². The van der Waals surface area contributed by atoms with Gasteiger partial charge >= 0.3 is 0 Å². The molecule has 7 nitrogen and oxygen atoms in total. The van der Waals surface area contributed by atoms with Gasteiger partial charge < -0.3 is 9.88 Å². The van der Waals surface area contributed by atoms with Gasteiger partial charge in [0.15, 0.2) is 0 Å². The number of aromatic nitrogens is 3. The van der Waals surface area contributed by atoms with Gasteiger partial charge in [0.05, 0.1) is 6.61 Å². The Morgan fingerprint density at radius 3 is 2.59 bits per heavy atom. The first-order chi connectivity index (χ1) is 13.2. The number of anilines is 2. The van der Waals surface area contributed by atoms with Crippen LogP contribution in [0.4, 0.5) is 11.6 Å². The lowest BCUT2D eigenvalue weighted by molar-refractivity contribution is -0.144. The number of carbonyl (C=O) groups is 1. The van der Waals surface area contributed by atoms with Crippen LogP contribution in [-0.2, 0) is 11.9 Å². The third kappa shape index (κ3) is 3.83. The fraction of sp³-hybridized carbons (Fsp3) is 0.250. The van der Waals surface area contributed by atoms with Crippen LogP contribution in [0.15, 0.2) is 55.0 Å². The van der Waals surface area contributed by atoms with Gasteiger partial charge in [-0.15, -0.1) is 0 Å². The van der Waals surface area contributed by atoms with E-state index < -0.39 is 0 Å². The lowest BCUT2D eigenvalue weighted by Gasteiger charge is -2.25. The number of benzene rings is 1. The highest BCUT2D eigenvalue weighted by Crippen LogP contribution is 2.23. The molecule has 3 aromatic rings. The Labute approximate surface area is 157 Å². The molecular weight excluding hydrogens is 342 g/mol. The first kappa shape index (κ1) is 17.2. The molecule has 138 valence electrons. The van der Waals surface area contributed by atoms with Gasteiger partial charge in [0.25, 0.3) is 5.91 Å². The molecule has 1 aromatic carbocycles. The molecule has 1 aliphatic rings. The van der Waals surface area contributed by atoms with E-state index in [1.165, 1.54) is 5.06 Å². The van der Waals surface area contributed by atoms with E-state index in [4.69, 9.17) is 4.84 Å². The number of hydrogen-bond acceptors (Lipinski definition) is 5. The van der Waals surface area contributed by atoms with E-state index in [-0.39, 0.29) is 5.91 Å². The number of nitrogens with zero attached hydrogens (tertiary/aromatic N) is 4. The van der Waals surface area contributed by atoms with Crippen molar-refractivity contribution in [3.8, 4) is 11.1 Å². The minimum atomic E-state index is -0.119. The summed E-state index contributed by atoms with van der Waals surface area (Å²) in [6.07, 6.45) is 7.36. The molecule has 2 aromatic heterocycles. The maximum Gasteiger partial charge on any atom is 0.294 e. The predicted octanol–water partition coefficient (Wildman–Crippen LogP) is 3.39. The summed E-state index contributed by atoms with van der Waals surface area (Å²) in [7, 11) is 1.85. The van der Waals surface area contributed by atoms with E-state index in [1.807, 2.05) is 54.2 Å². The number of rotatable bonds is 4. The predicted molar refractivity (Wildman–Crippen MR) is 102 cm³/mol. The van der Waals surface area contributed by atoms with Crippen LogP contribution in [-0.4, -0.2) is 38.7 Å². The van der Waals surface area contributed by atoms with Crippen LogP contribution in [0.3, 0.4) is 0 Å². The van der Waals surface area contributed by atoms with Crippen molar-refractivity contribution in [2.75, 3.05) is 18.5 Å². The summed E-state index contributed by atoms with van der Waals surface area (Å²) < 4.78 is 1.81. The highest BCUT2D eigenvalue weighted by Gasteiger charge is 2.22. The van der Waals surface area contributed by atoms with E-state index in [0.717, 1.165) is 29.7 Å². The van der Waals surface area contributed by atoms with E-state index in [2.05, 4.69) is 15.3 Å². The summed E-state index contributed by atoms with van der Waals surface area (Å²) in [5, 5.41) is 4.61. The Morgan fingerprint density at radius 1 is 1.11 bits per heavy atom. The van der Waals surface area contributed by atoms with Crippen LogP contribution in [0.1, 0.15) is 23.3 Å². The molecule has 1 fully saturated rings. The Bertz CT molecular complexity index is 915. The fourth-order valence-electron chi connectivity index (χ4n) is 3.01. The number of nitrogens with one attached hydrogen (secondary N) is 1. The topological polar surface area (TPSA) is 72.3 Å². The Hall–Kier alpha value is -3.19. The number of carbonyl (C=O) groups excluding carboxylic acids is 1. The van der Waals surface area contributed by atoms with Crippen LogP contribution in [0.5, 0.6) is 0 Å². The Kier molecular flexibility index (Phi) is 4.84. The highest BCUT2D eigenvalue weighted by molar-refractivity contribution is 5.93. The minimum Gasteiger partial charge on any atom is -0.346 e. The van der Waals surface area contributed by atoms with Gasteiger partial charge in [-0.3, -0.25) is 9.63 Å². The highest BCUT2D eigenvalue weighted by atomic mass is 16.7. The quantitative estimate of drug-likeness (QED) is 0.769. The van der Waals surface area contributed by atoms with Crippen molar-refractivity contribution in [3.05, 3.63) is 60.7 Å². The van der Waals surface area contributed by atoms with Crippen LogP contribution in [0.25, 0.3) is 11.1 Å². The van der Waals surface area contributed by atoms with Gasteiger partial charge in [-0.05, 0) is 31.0 Å². The van der Waals surface area contributed by atoms with Gasteiger partial charge in [-0.1, -0.05) is 18.2 Å². The molecule has 1 saturated heterocycles.